The second kappa shape index (κ2) is 8.70. The van der Waals surface area contributed by atoms with Gasteiger partial charge >= 0.3 is 6.03 Å². The van der Waals surface area contributed by atoms with E-state index in [0.717, 1.165) is 50.8 Å². The monoisotopic (exact) mass is 341 g/mol. The first-order valence-electron chi connectivity index (χ1n) is 9.27. The van der Waals surface area contributed by atoms with Crippen LogP contribution >= 0.6 is 0 Å². The molecule has 2 aliphatic rings. The number of nitrogens with zero attached hydrogens (tertiary/aromatic N) is 1. The molecule has 0 spiro atoms. The van der Waals surface area contributed by atoms with Crippen molar-refractivity contribution in [2.75, 3.05) is 19.6 Å². The molecule has 0 aromatic heterocycles. The van der Waals surface area contributed by atoms with Gasteiger partial charge in [0.15, 0.2) is 0 Å². The Labute approximate surface area is 149 Å². The maximum Gasteiger partial charge on any atom is 0.315 e. The third kappa shape index (κ3) is 5.08. The molecule has 1 fully saturated rings. The minimum Gasteiger partial charge on any atom is -0.339 e. The summed E-state index contributed by atoms with van der Waals surface area (Å²) >= 11 is 0. The molecule has 2 N–H and O–H groups in total. The maximum atomic E-state index is 12.4. The summed E-state index contributed by atoms with van der Waals surface area (Å²) in [6.45, 7) is 2.83. The Bertz CT molecular complexity index is 636. The number of carbonyl (C=O) groups excluding carboxylic acids is 2. The number of urea groups is 1. The van der Waals surface area contributed by atoms with E-state index in [9.17, 15) is 9.59 Å². The fourth-order valence-electron chi connectivity index (χ4n) is 3.44. The highest BCUT2D eigenvalue weighted by atomic mass is 16.2. The molecule has 25 heavy (non-hydrogen) atoms. The second-order valence-electron chi connectivity index (χ2n) is 6.91. The van der Waals surface area contributed by atoms with Crippen LogP contribution in [-0.2, 0) is 6.54 Å². The van der Waals surface area contributed by atoms with Gasteiger partial charge in [-0.05, 0) is 55.7 Å². The van der Waals surface area contributed by atoms with E-state index in [4.69, 9.17) is 0 Å². The van der Waals surface area contributed by atoms with Gasteiger partial charge in [0, 0.05) is 31.7 Å². The molecule has 1 aliphatic carbocycles. The predicted octanol–water partition coefficient (Wildman–Crippen LogP) is 3.08. The highest BCUT2D eigenvalue weighted by Gasteiger charge is 2.19. The van der Waals surface area contributed by atoms with Crippen molar-refractivity contribution in [3.05, 3.63) is 47.5 Å². The molecule has 3 amide bonds. The van der Waals surface area contributed by atoms with E-state index < -0.39 is 0 Å². The highest BCUT2D eigenvalue weighted by Crippen LogP contribution is 2.17. The Morgan fingerprint density at radius 3 is 2.72 bits per heavy atom. The number of carbonyl (C=O) groups is 2. The standard InChI is InChI=1S/C20H27N3O2/c24-19(23-11-4-5-12-23)18-10-6-9-17(13-18)15-22-20(25)21-14-16-7-2-1-3-8-16/h1-2,6,9-10,13,16H,3-5,7-8,11-12,14-15H2,(H2,21,22,25). The number of nitrogens with one attached hydrogen (secondary N) is 2. The molecule has 5 nitrogen and oxygen atoms in total. The summed E-state index contributed by atoms with van der Waals surface area (Å²) < 4.78 is 0. The third-order valence-electron chi connectivity index (χ3n) is 4.95. The lowest BCUT2D eigenvalue weighted by atomic mass is 9.94. The quantitative estimate of drug-likeness (QED) is 0.809. The zero-order valence-electron chi connectivity index (χ0n) is 14.7. The largest absolute Gasteiger partial charge is 0.339 e. The van der Waals surface area contributed by atoms with Crippen LogP contribution in [0.15, 0.2) is 36.4 Å². The van der Waals surface area contributed by atoms with Crippen molar-refractivity contribution in [1.82, 2.24) is 15.5 Å². The summed E-state index contributed by atoms with van der Waals surface area (Å²) in [7, 11) is 0. The van der Waals surface area contributed by atoms with E-state index >= 15 is 0 Å². The molecule has 1 heterocycles. The van der Waals surface area contributed by atoms with Gasteiger partial charge < -0.3 is 15.5 Å². The summed E-state index contributed by atoms with van der Waals surface area (Å²) in [5.74, 6) is 0.631. The molecule has 1 aromatic carbocycles. The first-order chi connectivity index (χ1) is 12.2. The number of hydrogen-bond acceptors (Lipinski definition) is 2. The molecule has 0 bridgehead atoms. The van der Waals surface area contributed by atoms with Crippen LogP contribution in [0.1, 0.15) is 48.0 Å². The molecule has 1 saturated heterocycles. The first-order valence-corrected chi connectivity index (χ1v) is 9.27. The zero-order chi connectivity index (χ0) is 17.5. The van der Waals surface area contributed by atoms with Crippen molar-refractivity contribution in [2.45, 2.75) is 38.6 Å². The van der Waals surface area contributed by atoms with Gasteiger partial charge in [0.25, 0.3) is 5.91 Å². The Balaban J connectivity index is 1.46. The molecule has 3 rings (SSSR count). The van der Waals surface area contributed by atoms with E-state index in [1.54, 1.807) is 0 Å². The number of benzene rings is 1. The van der Waals surface area contributed by atoms with Crippen LogP contribution in [0.4, 0.5) is 4.79 Å². The van der Waals surface area contributed by atoms with E-state index in [0.29, 0.717) is 24.6 Å². The number of likely N-dealkylation sites (tertiary alicyclic amines) is 1. The van der Waals surface area contributed by atoms with Gasteiger partial charge in [0.2, 0.25) is 0 Å². The van der Waals surface area contributed by atoms with Crippen LogP contribution in [0.2, 0.25) is 0 Å². The average Bonchev–Trinajstić information content (AvgIpc) is 3.20. The normalized spacial score (nSPS) is 19.7. The van der Waals surface area contributed by atoms with Gasteiger partial charge in [-0.2, -0.15) is 0 Å². The molecule has 0 saturated carbocycles. The fraction of sp³-hybridized carbons (Fsp3) is 0.500. The molecule has 1 atom stereocenters. The molecule has 1 aromatic rings. The summed E-state index contributed by atoms with van der Waals surface area (Å²) in [4.78, 5) is 26.3. The minimum absolute atomic E-state index is 0.0918. The molecule has 5 heteroatoms. The summed E-state index contributed by atoms with van der Waals surface area (Å²) in [6.07, 6.45) is 9.85. The maximum absolute atomic E-state index is 12.4. The Morgan fingerprint density at radius 1 is 1.12 bits per heavy atom. The predicted molar refractivity (Wildman–Crippen MR) is 98.3 cm³/mol. The Kier molecular flexibility index (Phi) is 6.09. The minimum atomic E-state index is -0.147. The number of hydrogen-bond donors (Lipinski definition) is 2. The summed E-state index contributed by atoms with van der Waals surface area (Å²) in [5, 5.41) is 5.83. The summed E-state index contributed by atoms with van der Waals surface area (Å²) in [5.41, 5.74) is 1.65. The van der Waals surface area contributed by atoms with Crippen LogP contribution in [0.3, 0.4) is 0 Å². The molecular formula is C20H27N3O2. The van der Waals surface area contributed by atoms with Gasteiger partial charge in [0.1, 0.15) is 0 Å². The number of allylic oxidation sites excluding steroid dienone is 2. The highest BCUT2D eigenvalue weighted by molar-refractivity contribution is 5.94. The first kappa shape index (κ1) is 17.5. The van der Waals surface area contributed by atoms with Crippen molar-refractivity contribution in [2.24, 2.45) is 5.92 Å². The van der Waals surface area contributed by atoms with Crippen molar-refractivity contribution < 1.29 is 9.59 Å². The van der Waals surface area contributed by atoms with Crippen LogP contribution in [-0.4, -0.2) is 36.5 Å². The smallest absolute Gasteiger partial charge is 0.315 e. The van der Waals surface area contributed by atoms with Gasteiger partial charge in [0.05, 0.1) is 0 Å². The molecule has 1 aliphatic heterocycles. The van der Waals surface area contributed by atoms with Crippen molar-refractivity contribution in [1.29, 1.82) is 0 Å². The summed E-state index contributed by atoms with van der Waals surface area (Å²) in [6, 6.07) is 7.40. The van der Waals surface area contributed by atoms with Crippen molar-refractivity contribution in [3.8, 4) is 0 Å². The zero-order valence-corrected chi connectivity index (χ0v) is 14.7. The van der Waals surface area contributed by atoms with Gasteiger partial charge in [-0.3, -0.25) is 4.79 Å². The van der Waals surface area contributed by atoms with Crippen LogP contribution in [0, 0.1) is 5.92 Å². The lowest BCUT2D eigenvalue weighted by molar-refractivity contribution is 0.0792. The van der Waals surface area contributed by atoms with Gasteiger partial charge in [-0.1, -0.05) is 24.3 Å². The SMILES string of the molecule is O=C(NCc1cccc(C(=O)N2CCCC2)c1)NCC1CC=CCC1. The van der Waals surface area contributed by atoms with Crippen molar-refractivity contribution in [3.63, 3.8) is 0 Å². The Morgan fingerprint density at radius 2 is 1.96 bits per heavy atom. The van der Waals surface area contributed by atoms with Crippen molar-refractivity contribution >= 4 is 11.9 Å². The molecule has 134 valence electrons. The van der Waals surface area contributed by atoms with E-state index in [1.165, 1.54) is 0 Å². The van der Waals surface area contributed by atoms with Gasteiger partial charge in [-0.25, -0.2) is 4.79 Å². The average molecular weight is 341 g/mol. The van der Waals surface area contributed by atoms with Gasteiger partial charge in [-0.15, -0.1) is 0 Å². The van der Waals surface area contributed by atoms with Crippen LogP contribution < -0.4 is 10.6 Å². The molecular weight excluding hydrogens is 314 g/mol. The van der Waals surface area contributed by atoms with E-state index in [2.05, 4.69) is 22.8 Å². The van der Waals surface area contributed by atoms with E-state index in [-0.39, 0.29) is 11.9 Å². The van der Waals surface area contributed by atoms with E-state index in [1.807, 2.05) is 29.2 Å². The lowest BCUT2D eigenvalue weighted by Gasteiger charge is -2.18. The third-order valence-corrected chi connectivity index (χ3v) is 4.95. The lowest BCUT2D eigenvalue weighted by Crippen LogP contribution is -2.38. The molecule has 1 unspecified atom stereocenters. The topological polar surface area (TPSA) is 61.4 Å². The number of amides is 3. The molecule has 0 radical (unpaired) electrons. The number of rotatable bonds is 5. The second-order valence-corrected chi connectivity index (χ2v) is 6.91. The Hall–Kier alpha value is -2.30. The van der Waals surface area contributed by atoms with Crippen LogP contribution in [0.5, 0.6) is 0 Å². The fourth-order valence-corrected chi connectivity index (χ4v) is 3.44. The van der Waals surface area contributed by atoms with Crippen LogP contribution in [0.25, 0.3) is 0 Å².